The third-order valence-electron chi connectivity index (χ3n) is 7.07. The van der Waals surface area contributed by atoms with E-state index in [1.807, 2.05) is 30.3 Å². The molecule has 9 nitrogen and oxygen atoms in total. The Morgan fingerprint density at radius 2 is 1.69 bits per heavy atom. The van der Waals surface area contributed by atoms with Crippen molar-refractivity contribution in [2.75, 3.05) is 11.9 Å². The minimum atomic E-state index is -1.05. The Morgan fingerprint density at radius 3 is 2.36 bits per heavy atom. The van der Waals surface area contributed by atoms with Crippen molar-refractivity contribution >= 4 is 34.9 Å². The number of carbonyl (C=O) groups excluding carboxylic acids is 2. The molecule has 0 aliphatic carbocycles. The van der Waals surface area contributed by atoms with Crippen LogP contribution in [0.4, 0.5) is 11.4 Å². The molecular formula is C30H33N5O4. The quantitative estimate of drug-likeness (QED) is 0.137. The number of nitrogens with one attached hydrogen (secondary N) is 2. The summed E-state index contributed by atoms with van der Waals surface area (Å²) >= 11 is 0. The molecule has 0 spiro atoms. The summed E-state index contributed by atoms with van der Waals surface area (Å²) in [5, 5.41) is 20.1. The molecule has 0 aromatic heterocycles. The second-order valence-electron chi connectivity index (χ2n) is 9.77. The van der Waals surface area contributed by atoms with E-state index in [0.717, 1.165) is 12.0 Å². The predicted octanol–water partition coefficient (Wildman–Crippen LogP) is 3.55. The van der Waals surface area contributed by atoms with E-state index in [1.165, 1.54) is 0 Å². The lowest BCUT2D eigenvalue weighted by Crippen LogP contribution is -2.50. The fourth-order valence-electron chi connectivity index (χ4n) is 5.06. The van der Waals surface area contributed by atoms with Crippen LogP contribution in [0.1, 0.15) is 40.7 Å². The van der Waals surface area contributed by atoms with E-state index in [9.17, 15) is 19.5 Å². The predicted molar refractivity (Wildman–Crippen MR) is 150 cm³/mol. The van der Waals surface area contributed by atoms with Gasteiger partial charge in [-0.05, 0) is 61.2 Å². The Kier molecular flexibility index (Phi) is 8.73. The highest BCUT2D eigenvalue weighted by atomic mass is 16.4. The summed E-state index contributed by atoms with van der Waals surface area (Å²) in [6.45, 7) is 0.387. The Morgan fingerprint density at radius 1 is 1.03 bits per heavy atom. The number of carbonyl (C=O) groups is 3. The first-order valence-electron chi connectivity index (χ1n) is 12.9. The number of carboxylic acid groups (broad SMARTS) is 1. The third kappa shape index (κ3) is 6.69. The molecule has 1 fully saturated rings. The van der Waals surface area contributed by atoms with Crippen LogP contribution in [-0.2, 0) is 16.0 Å². The highest BCUT2D eigenvalue weighted by molar-refractivity contribution is 6.06. The van der Waals surface area contributed by atoms with Gasteiger partial charge in [0, 0.05) is 29.0 Å². The number of hydrogen-bond acceptors (Lipinski definition) is 6. The molecule has 0 bridgehead atoms. The molecule has 0 radical (unpaired) electrons. The molecule has 3 aromatic carbocycles. The van der Waals surface area contributed by atoms with Gasteiger partial charge in [-0.25, -0.2) is 0 Å². The zero-order chi connectivity index (χ0) is 27.9. The standard InChI is InChI=1S/C30H33N5O4/c31-27(28(38)23-10-4-5-11-24(23)34-22-14-12-20(13-15-22)29(32)33)25-17-21(18-26(36)37)30(39)35(25)16-6-9-19-7-2-1-3-8-19/h1-5,7-8,10-15,21,25,27,34H,6,9,16-18,31H2,(H3,32,33)(H,36,37)/t21-,25-,27?/m0/s1. The summed E-state index contributed by atoms with van der Waals surface area (Å²) in [6.07, 6.45) is 1.34. The number of hydrogen-bond donors (Lipinski definition) is 5. The molecule has 0 saturated carbocycles. The number of benzene rings is 3. The largest absolute Gasteiger partial charge is 0.481 e. The number of ketones is 1. The Balaban J connectivity index is 1.52. The number of likely N-dealkylation sites (tertiary alicyclic amines) is 1. The van der Waals surface area contributed by atoms with Crippen LogP contribution in [0.25, 0.3) is 0 Å². The van der Waals surface area contributed by atoms with E-state index in [2.05, 4.69) is 5.32 Å². The van der Waals surface area contributed by atoms with Crippen LogP contribution in [0.15, 0.2) is 78.9 Å². The maximum atomic E-state index is 13.7. The van der Waals surface area contributed by atoms with Gasteiger partial charge in [0.1, 0.15) is 5.84 Å². The van der Waals surface area contributed by atoms with Crippen molar-refractivity contribution in [3.8, 4) is 0 Å². The van der Waals surface area contributed by atoms with Gasteiger partial charge in [0.05, 0.1) is 24.4 Å². The van der Waals surface area contributed by atoms with E-state index < -0.39 is 24.0 Å². The Hall–Kier alpha value is -4.50. The van der Waals surface area contributed by atoms with Gasteiger partial charge in [-0.3, -0.25) is 19.8 Å². The molecule has 1 saturated heterocycles. The van der Waals surface area contributed by atoms with Crippen molar-refractivity contribution in [2.45, 2.75) is 37.8 Å². The van der Waals surface area contributed by atoms with Gasteiger partial charge in [-0.15, -0.1) is 0 Å². The second-order valence-corrected chi connectivity index (χ2v) is 9.77. The first kappa shape index (κ1) is 27.5. The summed E-state index contributed by atoms with van der Waals surface area (Å²) < 4.78 is 0. The van der Waals surface area contributed by atoms with Gasteiger partial charge < -0.3 is 26.8 Å². The van der Waals surface area contributed by atoms with Crippen molar-refractivity contribution < 1.29 is 19.5 Å². The van der Waals surface area contributed by atoms with Crippen molar-refractivity contribution in [1.29, 1.82) is 5.41 Å². The van der Waals surface area contributed by atoms with Crippen LogP contribution in [0.2, 0.25) is 0 Å². The summed E-state index contributed by atoms with van der Waals surface area (Å²) in [4.78, 5) is 39.9. The monoisotopic (exact) mass is 527 g/mol. The van der Waals surface area contributed by atoms with Gasteiger partial charge in [-0.2, -0.15) is 0 Å². The van der Waals surface area contributed by atoms with Crippen molar-refractivity contribution in [3.63, 3.8) is 0 Å². The van der Waals surface area contributed by atoms with Crippen LogP contribution >= 0.6 is 0 Å². The highest BCUT2D eigenvalue weighted by Crippen LogP contribution is 2.31. The number of Topliss-reactive ketones (excluding diaryl/α,β-unsaturated/α-hetero) is 1. The van der Waals surface area contributed by atoms with Gasteiger partial charge in [0.25, 0.3) is 0 Å². The molecule has 202 valence electrons. The lowest BCUT2D eigenvalue weighted by Gasteiger charge is -2.29. The SMILES string of the molecule is N=C(N)c1ccc(Nc2ccccc2C(=O)C(N)[C@@H]2C[C@@H](CC(=O)O)C(=O)N2CCCc2ccccc2)cc1. The number of nitrogen functional groups attached to an aromatic ring is 1. The molecular weight excluding hydrogens is 494 g/mol. The summed E-state index contributed by atoms with van der Waals surface area (Å²) in [7, 11) is 0. The molecule has 4 rings (SSSR count). The van der Waals surface area contributed by atoms with E-state index in [4.69, 9.17) is 16.9 Å². The number of anilines is 2. The summed E-state index contributed by atoms with van der Waals surface area (Å²) in [5.74, 6) is -2.40. The zero-order valence-corrected chi connectivity index (χ0v) is 21.5. The molecule has 9 heteroatoms. The van der Waals surface area contributed by atoms with Gasteiger partial charge >= 0.3 is 5.97 Å². The third-order valence-corrected chi connectivity index (χ3v) is 7.07. The highest BCUT2D eigenvalue weighted by Gasteiger charge is 2.44. The molecule has 7 N–H and O–H groups in total. The number of rotatable bonds is 12. The fourth-order valence-corrected chi connectivity index (χ4v) is 5.06. The van der Waals surface area contributed by atoms with E-state index in [-0.39, 0.29) is 30.4 Å². The normalized spacial score (nSPS) is 17.6. The number of aryl methyl sites for hydroxylation is 1. The number of aliphatic carboxylic acids is 1. The van der Waals surface area contributed by atoms with Gasteiger partial charge in [0.2, 0.25) is 5.91 Å². The molecule has 1 unspecified atom stereocenters. The second kappa shape index (κ2) is 12.4. The Bertz CT molecular complexity index is 1340. The molecule has 1 aliphatic rings. The molecule has 3 atom stereocenters. The van der Waals surface area contributed by atoms with E-state index in [1.54, 1.807) is 53.4 Å². The van der Waals surface area contributed by atoms with Crippen LogP contribution in [0.5, 0.6) is 0 Å². The number of nitrogens with two attached hydrogens (primary N) is 2. The number of para-hydroxylation sites is 1. The maximum Gasteiger partial charge on any atom is 0.304 e. The average molecular weight is 528 g/mol. The van der Waals surface area contributed by atoms with Crippen molar-refractivity contribution in [3.05, 3.63) is 95.6 Å². The molecule has 3 aromatic rings. The maximum absolute atomic E-state index is 13.7. The van der Waals surface area contributed by atoms with Gasteiger partial charge in [0.15, 0.2) is 5.78 Å². The first-order valence-corrected chi connectivity index (χ1v) is 12.9. The molecule has 1 amide bonds. The Labute approximate surface area is 227 Å². The summed E-state index contributed by atoms with van der Waals surface area (Å²) in [5.41, 5.74) is 15.4. The van der Waals surface area contributed by atoms with Crippen molar-refractivity contribution in [1.82, 2.24) is 4.90 Å². The van der Waals surface area contributed by atoms with Crippen LogP contribution < -0.4 is 16.8 Å². The lowest BCUT2D eigenvalue weighted by atomic mass is 9.92. The number of amidine groups is 1. The topological polar surface area (TPSA) is 163 Å². The van der Waals surface area contributed by atoms with Crippen molar-refractivity contribution in [2.24, 2.45) is 17.4 Å². The van der Waals surface area contributed by atoms with Gasteiger partial charge in [-0.1, -0.05) is 42.5 Å². The number of nitrogens with zero attached hydrogens (tertiary/aromatic N) is 1. The lowest BCUT2D eigenvalue weighted by molar-refractivity contribution is -0.142. The molecule has 39 heavy (non-hydrogen) atoms. The first-order chi connectivity index (χ1) is 18.7. The summed E-state index contributed by atoms with van der Waals surface area (Å²) in [6, 6.07) is 22.2. The smallest absolute Gasteiger partial charge is 0.304 e. The number of carboxylic acids is 1. The average Bonchev–Trinajstić information content (AvgIpc) is 3.23. The van der Waals surface area contributed by atoms with E-state index in [0.29, 0.717) is 35.5 Å². The molecule has 1 aliphatic heterocycles. The van der Waals surface area contributed by atoms with Crippen LogP contribution in [0.3, 0.4) is 0 Å². The zero-order valence-electron chi connectivity index (χ0n) is 21.5. The molecule has 1 heterocycles. The minimum Gasteiger partial charge on any atom is -0.481 e. The van der Waals surface area contributed by atoms with Crippen LogP contribution in [0, 0.1) is 11.3 Å². The fraction of sp³-hybridized carbons (Fsp3) is 0.267. The minimum absolute atomic E-state index is 0.0382. The van der Waals surface area contributed by atoms with Crippen LogP contribution in [-0.4, -0.2) is 52.1 Å². The number of amides is 1. The van der Waals surface area contributed by atoms with E-state index >= 15 is 0 Å².